The third kappa shape index (κ3) is 2.76. The quantitative estimate of drug-likeness (QED) is 0.818. The first-order valence-electron chi connectivity index (χ1n) is 6.62. The Labute approximate surface area is 138 Å². The molecule has 9 heteroatoms. The van der Waals surface area contributed by atoms with Gasteiger partial charge in [0.05, 0.1) is 15.5 Å². The summed E-state index contributed by atoms with van der Waals surface area (Å²) in [5.41, 5.74) is 1.79. The number of aromatic nitrogens is 2. The van der Waals surface area contributed by atoms with Crippen LogP contribution in [-0.2, 0) is 21.9 Å². The molecule has 0 bridgehead atoms. The summed E-state index contributed by atoms with van der Waals surface area (Å²) in [7, 11) is -0.554. The highest BCUT2D eigenvalue weighted by Crippen LogP contribution is 2.35. The van der Waals surface area contributed by atoms with E-state index in [-0.39, 0.29) is 10.8 Å². The first kappa shape index (κ1) is 15.7. The van der Waals surface area contributed by atoms with Crippen LogP contribution in [0.4, 0.5) is 5.69 Å². The first-order chi connectivity index (χ1) is 10.8. The van der Waals surface area contributed by atoms with Crippen LogP contribution >= 0.6 is 11.6 Å². The third-order valence-corrected chi connectivity index (χ3v) is 5.15. The van der Waals surface area contributed by atoms with E-state index in [1.807, 2.05) is 0 Å². The van der Waals surface area contributed by atoms with Gasteiger partial charge in [0.1, 0.15) is 5.69 Å². The van der Waals surface area contributed by atoms with Gasteiger partial charge in [-0.25, -0.2) is 13.1 Å². The molecule has 0 unspecified atom stereocenters. The molecular formula is C14H13ClN4O3S. The number of nitrogens with zero attached hydrogens (tertiary/aromatic N) is 2. The number of amides is 1. The highest BCUT2D eigenvalue weighted by atomic mass is 35.5. The number of carbonyl (C=O) groups excluding carboxylic acids is 1. The molecule has 1 aromatic heterocycles. The SMILES string of the molecule is CNS(=O)(=O)c1ccc2c(c1)C(=Cc1nn(C)cc1Cl)C(=O)N2. The minimum Gasteiger partial charge on any atom is -0.321 e. The third-order valence-electron chi connectivity index (χ3n) is 3.44. The normalized spacial score (nSPS) is 15.8. The lowest BCUT2D eigenvalue weighted by Crippen LogP contribution is -2.18. The van der Waals surface area contributed by atoms with E-state index in [0.29, 0.717) is 27.5 Å². The Morgan fingerprint density at radius 1 is 1.39 bits per heavy atom. The highest BCUT2D eigenvalue weighted by Gasteiger charge is 2.27. The minimum atomic E-state index is -3.60. The molecule has 0 atom stereocenters. The second kappa shape index (κ2) is 5.48. The molecule has 120 valence electrons. The van der Waals surface area contributed by atoms with Gasteiger partial charge in [-0.2, -0.15) is 5.10 Å². The van der Waals surface area contributed by atoms with Crippen molar-refractivity contribution in [3.63, 3.8) is 0 Å². The van der Waals surface area contributed by atoms with Crippen LogP contribution < -0.4 is 10.0 Å². The minimum absolute atomic E-state index is 0.0771. The fraction of sp³-hybridized carbons (Fsp3) is 0.143. The molecule has 0 saturated carbocycles. The molecule has 3 rings (SSSR count). The summed E-state index contributed by atoms with van der Waals surface area (Å²) < 4.78 is 27.6. The number of halogens is 1. The van der Waals surface area contributed by atoms with Crippen LogP contribution in [0.3, 0.4) is 0 Å². The second-order valence-corrected chi connectivity index (χ2v) is 7.26. The topological polar surface area (TPSA) is 93.1 Å². The van der Waals surface area contributed by atoms with Gasteiger partial charge >= 0.3 is 0 Å². The van der Waals surface area contributed by atoms with Gasteiger partial charge in [0.2, 0.25) is 10.0 Å². The van der Waals surface area contributed by atoms with E-state index in [1.165, 1.54) is 23.9 Å². The van der Waals surface area contributed by atoms with Gasteiger partial charge in [-0.15, -0.1) is 0 Å². The van der Waals surface area contributed by atoms with Gasteiger partial charge < -0.3 is 5.32 Å². The number of rotatable bonds is 3. The Kier molecular flexibility index (Phi) is 3.75. The fourth-order valence-electron chi connectivity index (χ4n) is 2.31. The summed E-state index contributed by atoms with van der Waals surface area (Å²) in [6.07, 6.45) is 3.16. The van der Waals surface area contributed by atoms with Crippen LogP contribution in [0.5, 0.6) is 0 Å². The number of hydrogen-bond donors (Lipinski definition) is 2. The van der Waals surface area contributed by atoms with Gasteiger partial charge in [-0.05, 0) is 31.3 Å². The second-order valence-electron chi connectivity index (χ2n) is 4.96. The maximum atomic E-state index is 12.2. The monoisotopic (exact) mass is 352 g/mol. The van der Waals surface area contributed by atoms with Crippen molar-refractivity contribution in [1.29, 1.82) is 0 Å². The van der Waals surface area contributed by atoms with Crippen LogP contribution in [0, 0.1) is 0 Å². The molecule has 1 aliphatic rings. The van der Waals surface area contributed by atoms with E-state index in [9.17, 15) is 13.2 Å². The lowest BCUT2D eigenvalue weighted by molar-refractivity contribution is -0.110. The summed E-state index contributed by atoms with van der Waals surface area (Å²) >= 11 is 6.06. The van der Waals surface area contributed by atoms with Crippen molar-refractivity contribution in [3.8, 4) is 0 Å². The highest BCUT2D eigenvalue weighted by molar-refractivity contribution is 7.89. The molecule has 0 saturated heterocycles. The summed E-state index contributed by atoms with van der Waals surface area (Å²) in [5.74, 6) is -0.333. The van der Waals surface area contributed by atoms with Crippen molar-refractivity contribution in [2.24, 2.45) is 7.05 Å². The van der Waals surface area contributed by atoms with Crippen molar-refractivity contribution in [2.75, 3.05) is 12.4 Å². The Hall–Kier alpha value is -2.16. The van der Waals surface area contributed by atoms with Gasteiger partial charge in [-0.1, -0.05) is 11.6 Å². The standard InChI is InChI=1S/C14H13ClN4O3S/c1-16-23(21,22)8-3-4-12-9(5-8)10(14(20)17-12)6-13-11(15)7-19(2)18-13/h3-7,16H,1-2H3,(H,17,20). The molecule has 2 aromatic rings. The zero-order chi connectivity index (χ0) is 16.8. The Morgan fingerprint density at radius 2 is 2.13 bits per heavy atom. The number of anilines is 1. The van der Waals surface area contributed by atoms with E-state index in [4.69, 9.17) is 11.6 Å². The Bertz CT molecular complexity index is 947. The van der Waals surface area contributed by atoms with Gasteiger partial charge in [0.25, 0.3) is 5.91 Å². The van der Waals surface area contributed by atoms with Crippen LogP contribution in [0.15, 0.2) is 29.3 Å². The van der Waals surface area contributed by atoms with E-state index >= 15 is 0 Å². The molecule has 0 aliphatic carbocycles. The van der Waals surface area contributed by atoms with Crippen LogP contribution in [0.1, 0.15) is 11.3 Å². The molecule has 1 aromatic carbocycles. The largest absolute Gasteiger partial charge is 0.321 e. The van der Waals surface area contributed by atoms with E-state index in [0.717, 1.165) is 0 Å². The van der Waals surface area contributed by atoms with E-state index in [2.05, 4.69) is 15.1 Å². The lowest BCUT2D eigenvalue weighted by Gasteiger charge is -2.05. The van der Waals surface area contributed by atoms with Gasteiger partial charge in [0.15, 0.2) is 0 Å². The van der Waals surface area contributed by atoms with Crippen molar-refractivity contribution in [3.05, 3.63) is 40.7 Å². The van der Waals surface area contributed by atoms with Gasteiger partial charge in [0, 0.05) is 24.5 Å². The molecule has 1 aliphatic heterocycles. The van der Waals surface area contributed by atoms with Crippen LogP contribution in [0.25, 0.3) is 11.6 Å². The molecular weight excluding hydrogens is 340 g/mol. The molecule has 2 N–H and O–H groups in total. The number of hydrogen-bond acceptors (Lipinski definition) is 4. The number of carbonyl (C=O) groups is 1. The molecule has 7 nitrogen and oxygen atoms in total. The number of sulfonamides is 1. The molecule has 0 fully saturated rings. The number of aryl methyl sites for hydroxylation is 1. The summed E-state index contributed by atoms with van der Waals surface area (Å²) in [6.45, 7) is 0. The van der Waals surface area contributed by atoms with E-state index in [1.54, 1.807) is 25.4 Å². The van der Waals surface area contributed by atoms with Crippen molar-refractivity contribution in [1.82, 2.24) is 14.5 Å². The lowest BCUT2D eigenvalue weighted by atomic mass is 10.1. The fourth-order valence-corrected chi connectivity index (χ4v) is 3.30. The Morgan fingerprint density at radius 3 is 2.74 bits per heavy atom. The maximum Gasteiger partial charge on any atom is 0.256 e. The summed E-state index contributed by atoms with van der Waals surface area (Å²) in [5, 5.41) is 7.26. The van der Waals surface area contributed by atoms with Crippen LogP contribution in [-0.4, -0.2) is 31.2 Å². The number of fused-ring (bicyclic) bond motifs is 1. The molecule has 23 heavy (non-hydrogen) atoms. The van der Waals surface area contributed by atoms with Crippen molar-refractivity contribution >= 4 is 44.9 Å². The number of nitrogens with one attached hydrogen (secondary N) is 2. The van der Waals surface area contributed by atoms with E-state index < -0.39 is 10.0 Å². The summed E-state index contributed by atoms with van der Waals surface area (Å²) in [4.78, 5) is 12.2. The zero-order valence-corrected chi connectivity index (χ0v) is 13.9. The molecule has 0 spiro atoms. The average molecular weight is 353 g/mol. The van der Waals surface area contributed by atoms with Crippen molar-refractivity contribution < 1.29 is 13.2 Å². The van der Waals surface area contributed by atoms with Gasteiger partial charge in [-0.3, -0.25) is 9.48 Å². The zero-order valence-electron chi connectivity index (χ0n) is 12.3. The molecule has 2 heterocycles. The predicted molar refractivity (Wildman–Crippen MR) is 87.4 cm³/mol. The first-order valence-corrected chi connectivity index (χ1v) is 8.48. The Balaban J connectivity index is 2.15. The number of benzene rings is 1. The molecule has 0 radical (unpaired) electrons. The smallest absolute Gasteiger partial charge is 0.256 e. The van der Waals surface area contributed by atoms with Crippen LogP contribution in [0.2, 0.25) is 5.02 Å². The van der Waals surface area contributed by atoms with Crippen molar-refractivity contribution in [2.45, 2.75) is 4.90 Å². The average Bonchev–Trinajstić information content (AvgIpc) is 2.98. The summed E-state index contributed by atoms with van der Waals surface area (Å²) in [6, 6.07) is 4.43. The maximum absolute atomic E-state index is 12.2. The predicted octanol–water partition coefficient (Wildman–Crippen LogP) is 1.47. The molecule has 1 amide bonds.